The third-order valence-electron chi connectivity index (χ3n) is 3.85. The van der Waals surface area contributed by atoms with Crippen molar-refractivity contribution < 1.29 is 19.4 Å². The molecule has 0 aromatic heterocycles. The molecule has 0 bridgehead atoms. The molecule has 0 radical (unpaired) electrons. The van der Waals surface area contributed by atoms with Gasteiger partial charge in [0, 0.05) is 26.6 Å². The molecule has 3 N–H and O–H groups in total. The van der Waals surface area contributed by atoms with E-state index >= 15 is 0 Å². The van der Waals surface area contributed by atoms with Crippen LogP contribution in [0.15, 0.2) is 24.3 Å². The third kappa shape index (κ3) is 3.40. The number of carbonyl (C=O) groups is 2. The van der Waals surface area contributed by atoms with Crippen molar-refractivity contribution in [3.8, 4) is 0 Å². The van der Waals surface area contributed by atoms with Crippen LogP contribution in [0.4, 0.5) is 0 Å². The molecule has 0 spiro atoms. The van der Waals surface area contributed by atoms with Crippen molar-refractivity contribution in [2.45, 2.75) is 31.5 Å². The predicted molar refractivity (Wildman–Crippen MR) is 76.6 cm³/mol. The molecule has 0 aliphatic carbocycles. The average Bonchev–Trinajstić information content (AvgIpc) is 2.50. The van der Waals surface area contributed by atoms with Gasteiger partial charge >= 0.3 is 5.97 Å². The Labute approximate surface area is 123 Å². The third-order valence-corrected chi connectivity index (χ3v) is 3.85. The molecule has 6 nitrogen and oxygen atoms in total. The predicted octanol–water partition coefficient (Wildman–Crippen LogP) is 0.388. The number of rotatable bonds is 5. The molecule has 1 aromatic rings. The number of nitrogens with two attached hydrogens (primary N) is 1. The second kappa shape index (κ2) is 6.69. The van der Waals surface area contributed by atoms with E-state index in [0.29, 0.717) is 13.0 Å². The fourth-order valence-electron chi connectivity index (χ4n) is 2.58. The standard InChI is InChI=1S/C15H20N2O4/c1-21-12(8-16)7-14(18)17-9-11-5-3-2-4-10(11)6-13(17)15(19)20/h2-5,12-13H,6-9,16H2,1H3,(H,19,20). The van der Waals surface area contributed by atoms with Gasteiger partial charge in [0.25, 0.3) is 0 Å². The van der Waals surface area contributed by atoms with Crippen LogP contribution in [-0.4, -0.2) is 47.7 Å². The number of hydrogen-bond acceptors (Lipinski definition) is 4. The lowest BCUT2D eigenvalue weighted by atomic mass is 9.93. The summed E-state index contributed by atoms with van der Waals surface area (Å²) in [7, 11) is 1.49. The number of aliphatic carboxylic acids is 1. The Morgan fingerprint density at radius 3 is 2.67 bits per heavy atom. The number of carboxylic acid groups (broad SMARTS) is 1. The van der Waals surface area contributed by atoms with Crippen LogP contribution in [0.1, 0.15) is 17.5 Å². The smallest absolute Gasteiger partial charge is 0.326 e. The molecule has 6 heteroatoms. The molecule has 1 aromatic carbocycles. The fourth-order valence-corrected chi connectivity index (χ4v) is 2.58. The quantitative estimate of drug-likeness (QED) is 0.819. The highest BCUT2D eigenvalue weighted by Gasteiger charge is 2.34. The van der Waals surface area contributed by atoms with Gasteiger partial charge in [0.1, 0.15) is 6.04 Å². The molecular formula is C15H20N2O4. The van der Waals surface area contributed by atoms with Gasteiger partial charge in [-0.1, -0.05) is 24.3 Å². The normalized spacial score (nSPS) is 19.0. The van der Waals surface area contributed by atoms with Crippen LogP contribution in [0.2, 0.25) is 0 Å². The number of benzene rings is 1. The zero-order valence-electron chi connectivity index (χ0n) is 12.0. The molecule has 2 atom stereocenters. The SMILES string of the molecule is COC(CN)CC(=O)N1Cc2ccccc2CC1C(=O)O. The Bertz CT molecular complexity index is 528. The lowest BCUT2D eigenvalue weighted by Gasteiger charge is -2.35. The summed E-state index contributed by atoms with van der Waals surface area (Å²) in [6, 6.07) is 6.77. The molecule has 114 valence electrons. The maximum Gasteiger partial charge on any atom is 0.326 e. The first-order valence-electron chi connectivity index (χ1n) is 6.88. The van der Waals surface area contributed by atoms with Gasteiger partial charge in [0.05, 0.1) is 12.5 Å². The Morgan fingerprint density at radius 2 is 2.10 bits per heavy atom. The van der Waals surface area contributed by atoms with E-state index in [1.165, 1.54) is 12.0 Å². The van der Waals surface area contributed by atoms with Gasteiger partial charge in [-0.15, -0.1) is 0 Å². The summed E-state index contributed by atoms with van der Waals surface area (Å²) in [5, 5.41) is 9.38. The maximum absolute atomic E-state index is 12.4. The number of nitrogens with zero attached hydrogens (tertiary/aromatic N) is 1. The highest BCUT2D eigenvalue weighted by Crippen LogP contribution is 2.24. The first-order chi connectivity index (χ1) is 10.1. The van der Waals surface area contributed by atoms with Crippen molar-refractivity contribution in [2.75, 3.05) is 13.7 Å². The van der Waals surface area contributed by atoms with Crippen LogP contribution in [0.25, 0.3) is 0 Å². The highest BCUT2D eigenvalue weighted by atomic mass is 16.5. The van der Waals surface area contributed by atoms with Crippen molar-refractivity contribution in [3.05, 3.63) is 35.4 Å². The van der Waals surface area contributed by atoms with E-state index in [-0.39, 0.29) is 25.0 Å². The van der Waals surface area contributed by atoms with Crippen molar-refractivity contribution in [2.24, 2.45) is 5.73 Å². The highest BCUT2D eigenvalue weighted by molar-refractivity contribution is 5.84. The molecule has 0 saturated heterocycles. The second-order valence-electron chi connectivity index (χ2n) is 5.15. The van der Waals surface area contributed by atoms with Gasteiger partial charge in [-0.2, -0.15) is 0 Å². The maximum atomic E-state index is 12.4. The second-order valence-corrected chi connectivity index (χ2v) is 5.15. The zero-order valence-corrected chi connectivity index (χ0v) is 12.0. The minimum absolute atomic E-state index is 0.0962. The molecule has 1 aliphatic rings. The number of ether oxygens (including phenoxy) is 1. The minimum atomic E-state index is -0.987. The summed E-state index contributed by atoms with van der Waals surface area (Å²) in [5.74, 6) is -1.23. The molecule has 2 unspecified atom stereocenters. The van der Waals surface area contributed by atoms with Crippen molar-refractivity contribution in [3.63, 3.8) is 0 Å². The van der Waals surface area contributed by atoms with E-state index in [0.717, 1.165) is 11.1 Å². The molecule has 0 fully saturated rings. The summed E-state index contributed by atoms with van der Waals surface area (Å²) in [4.78, 5) is 25.2. The minimum Gasteiger partial charge on any atom is -0.480 e. The van der Waals surface area contributed by atoms with Gasteiger partial charge in [-0.3, -0.25) is 4.79 Å². The van der Waals surface area contributed by atoms with E-state index in [1.54, 1.807) is 0 Å². The van der Waals surface area contributed by atoms with E-state index < -0.39 is 12.0 Å². The Hall–Kier alpha value is -1.92. The van der Waals surface area contributed by atoms with Crippen LogP contribution in [0.5, 0.6) is 0 Å². The molecule has 2 rings (SSSR count). The molecule has 1 aliphatic heterocycles. The van der Waals surface area contributed by atoms with Crippen molar-refractivity contribution >= 4 is 11.9 Å². The van der Waals surface area contributed by atoms with Crippen LogP contribution in [0.3, 0.4) is 0 Å². The van der Waals surface area contributed by atoms with Gasteiger partial charge in [0.15, 0.2) is 0 Å². The first-order valence-corrected chi connectivity index (χ1v) is 6.88. The van der Waals surface area contributed by atoms with Gasteiger partial charge in [-0.05, 0) is 11.1 Å². The van der Waals surface area contributed by atoms with E-state index in [4.69, 9.17) is 10.5 Å². The summed E-state index contributed by atoms with van der Waals surface area (Å²) in [5.41, 5.74) is 7.49. The van der Waals surface area contributed by atoms with Gasteiger partial charge in [-0.25, -0.2) is 4.79 Å². The average molecular weight is 292 g/mol. The zero-order chi connectivity index (χ0) is 15.4. The van der Waals surface area contributed by atoms with Crippen LogP contribution < -0.4 is 5.73 Å². The van der Waals surface area contributed by atoms with Crippen LogP contribution >= 0.6 is 0 Å². The fraction of sp³-hybridized carbons (Fsp3) is 0.467. The molecule has 1 amide bonds. The van der Waals surface area contributed by atoms with Crippen molar-refractivity contribution in [1.29, 1.82) is 0 Å². The lowest BCUT2D eigenvalue weighted by Crippen LogP contribution is -2.49. The monoisotopic (exact) mass is 292 g/mol. The number of carbonyl (C=O) groups excluding carboxylic acids is 1. The van der Waals surface area contributed by atoms with Crippen LogP contribution in [-0.2, 0) is 27.3 Å². The van der Waals surface area contributed by atoms with Gasteiger partial charge < -0.3 is 20.5 Å². The topological polar surface area (TPSA) is 92.9 Å². The lowest BCUT2D eigenvalue weighted by molar-refractivity contribution is -0.152. The van der Waals surface area contributed by atoms with E-state index in [1.807, 2.05) is 24.3 Å². The number of carboxylic acids is 1. The van der Waals surface area contributed by atoms with Gasteiger partial charge in [0.2, 0.25) is 5.91 Å². The number of fused-ring (bicyclic) bond motifs is 1. The Balaban J connectivity index is 2.20. The van der Waals surface area contributed by atoms with E-state index in [9.17, 15) is 14.7 Å². The number of methoxy groups -OCH3 is 1. The van der Waals surface area contributed by atoms with Crippen molar-refractivity contribution in [1.82, 2.24) is 4.90 Å². The molecule has 21 heavy (non-hydrogen) atoms. The van der Waals surface area contributed by atoms with E-state index in [2.05, 4.69) is 0 Å². The molecule has 0 saturated carbocycles. The first kappa shape index (κ1) is 15.5. The summed E-state index contributed by atoms with van der Waals surface area (Å²) in [6.45, 7) is 0.539. The largest absolute Gasteiger partial charge is 0.480 e. The summed E-state index contributed by atoms with van der Waals surface area (Å²) in [6.07, 6.45) is 0.0420. The number of amides is 1. The molecular weight excluding hydrogens is 272 g/mol. The Morgan fingerprint density at radius 1 is 1.43 bits per heavy atom. The Kier molecular flexibility index (Phi) is 4.93. The number of hydrogen-bond donors (Lipinski definition) is 2. The molecule has 1 heterocycles. The van der Waals surface area contributed by atoms with Crippen LogP contribution in [0, 0.1) is 0 Å². The summed E-state index contributed by atoms with van der Waals surface area (Å²) >= 11 is 0. The summed E-state index contributed by atoms with van der Waals surface area (Å²) < 4.78 is 5.11.